The summed E-state index contributed by atoms with van der Waals surface area (Å²) in [4.78, 5) is 94.4. The Morgan fingerprint density at radius 3 is 2.19 bits per heavy atom. The quantitative estimate of drug-likeness (QED) is 0.186. The van der Waals surface area contributed by atoms with Gasteiger partial charge in [-0.2, -0.15) is 0 Å². The smallest absolute Gasteiger partial charge is 0.407 e. The number of amides is 5. The van der Waals surface area contributed by atoms with E-state index in [0.717, 1.165) is 57.8 Å². The number of rotatable bonds is 16. The topological polar surface area (TPSA) is 180 Å². The van der Waals surface area contributed by atoms with Crippen molar-refractivity contribution in [2.24, 2.45) is 17.3 Å². The number of nitrogens with zero attached hydrogens (tertiary/aromatic N) is 1. The molecular weight excluding hydrogens is 666 g/mol. The van der Waals surface area contributed by atoms with Gasteiger partial charge in [0.1, 0.15) is 18.1 Å². The average Bonchev–Trinajstić information content (AvgIpc) is 3.77. The molecule has 2 saturated carbocycles. The van der Waals surface area contributed by atoms with Gasteiger partial charge in [0.15, 0.2) is 5.78 Å². The summed E-state index contributed by atoms with van der Waals surface area (Å²) in [6.45, 7) is 7.08. The first-order valence-corrected chi connectivity index (χ1v) is 19.0. The van der Waals surface area contributed by atoms with Crippen LogP contribution in [0.25, 0.3) is 0 Å². The van der Waals surface area contributed by atoms with Crippen molar-refractivity contribution in [3.05, 3.63) is 35.9 Å². The molecule has 1 aromatic rings. The van der Waals surface area contributed by atoms with Crippen LogP contribution in [0.4, 0.5) is 4.79 Å². The number of Topliss-reactive ketones (excluding diaryl/α,β-unsaturated/α-hetero) is 2. The molecular formula is C39H57N5O8. The van der Waals surface area contributed by atoms with Crippen LogP contribution in [-0.4, -0.2) is 84.0 Å². The van der Waals surface area contributed by atoms with E-state index < -0.39 is 60.3 Å². The van der Waals surface area contributed by atoms with Crippen LogP contribution in [0.2, 0.25) is 0 Å². The Hall–Kier alpha value is -4.29. The van der Waals surface area contributed by atoms with Crippen LogP contribution in [0.1, 0.15) is 116 Å². The number of nitrogens with one attached hydrogen (secondary N) is 4. The van der Waals surface area contributed by atoms with Crippen molar-refractivity contribution in [3.8, 4) is 0 Å². The van der Waals surface area contributed by atoms with Gasteiger partial charge in [0.25, 0.3) is 5.91 Å². The Kier molecular flexibility index (Phi) is 14.8. The second-order valence-electron chi connectivity index (χ2n) is 15.3. The number of ether oxygens (including phenoxy) is 1. The van der Waals surface area contributed by atoms with E-state index in [2.05, 4.69) is 21.3 Å². The molecule has 286 valence electrons. The highest BCUT2D eigenvalue weighted by Gasteiger charge is 2.52. The van der Waals surface area contributed by atoms with E-state index in [1.165, 1.54) is 6.92 Å². The highest BCUT2D eigenvalue weighted by molar-refractivity contribution is 6.38. The number of likely N-dealkylation sites (tertiary alicyclic amines) is 1. The highest BCUT2D eigenvalue weighted by atomic mass is 16.5. The largest absolute Gasteiger partial charge is 0.449 e. The molecule has 5 amide bonds. The summed E-state index contributed by atoms with van der Waals surface area (Å²) in [6, 6.07) is 4.86. The molecule has 2 aliphatic carbocycles. The molecule has 13 nitrogen and oxygen atoms in total. The van der Waals surface area contributed by atoms with E-state index in [1.807, 2.05) is 20.8 Å². The molecule has 0 radical (unpaired) electrons. The average molecular weight is 724 g/mol. The minimum absolute atomic E-state index is 0.0922. The molecule has 1 aromatic carbocycles. The lowest BCUT2D eigenvalue weighted by Gasteiger charge is -2.35. The summed E-state index contributed by atoms with van der Waals surface area (Å²) >= 11 is 0. The van der Waals surface area contributed by atoms with Crippen molar-refractivity contribution in [3.63, 3.8) is 0 Å². The lowest BCUT2D eigenvalue weighted by atomic mass is 9.83. The fraction of sp³-hybridized carbons (Fsp3) is 0.667. The molecule has 3 fully saturated rings. The maximum absolute atomic E-state index is 14.5. The zero-order valence-electron chi connectivity index (χ0n) is 31.2. The number of hydrogen-bond donors (Lipinski definition) is 4. The van der Waals surface area contributed by atoms with Crippen LogP contribution in [0.15, 0.2) is 30.3 Å². The molecule has 13 heteroatoms. The van der Waals surface area contributed by atoms with E-state index in [0.29, 0.717) is 24.9 Å². The second kappa shape index (κ2) is 19.0. The normalized spacial score (nSPS) is 20.1. The van der Waals surface area contributed by atoms with E-state index in [1.54, 1.807) is 35.2 Å². The van der Waals surface area contributed by atoms with Gasteiger partial charge >= 0.3 is 6.09 Å². The number of carbonyl (C=O) groups is 7. The van der Waals surface area contributed by atoms with Gasteiger partial charge in [-0.05, 0) is 68.3 Å². The van der Waals surface area contributed by atoms with Gasteiger partial charge < -0.3 is 30.9 Å². The summed E-state index contributed by atoms with van der Waals surface area (Å²) in [5.41, 5.74) is 0.349. The Labute approximate surface area is 307 Å². The van der Waals surface area contributed by atoms with Crippen LogP contribution in [0.5, 0.6) is 0 Å². The molecule has 1 unspecified atom stereocenters. The SMILES string of the molecule is CCCC(NC(=O)[C@@H]1CC2(CCCC2)CN1C(=O)[C@@H](NC(=O)OCC(C)C)C1CCCCC1)C(=O)C(=O)NCC(=O)N[C@H](C(C)=O)c1ccccc1. The number of hydrogen-bond acceptors (Lipinski definition) is 8. The molecule has 4 N–H and O–H groups in total. The summed E-state index contributed by atoms with van der Waals surface area (Å²) < 4.78 is 5.40. The second-order valence-corrected chi connectivity index (χ2v) is 15.3. The monoisotopic (exact) mass is 723 g/mol. The maximum atomic E-state index is 14.5. The van der Waals surface area contributed by atoms with E-state index >= 15 is 0 Å². The minimum atomic E-state index is -1.18. The Morgan fingerprint density at radius 1 is 0.904 bits per heavy atom. The number of alkyl carbamates (subject to hydrolysis) is 1. The fourth-order valence-corrected chi connectivity index (χ4v) is 7.96. The molecule has 1 spiro atoms. The van der Waals surface area contributed by atoms with Crippen molar-refractivity contribution in [2.75, 3.05) is 19.7 Å². The fourth-order valence-electron chi connectivity index (χ4n) is 7.96. The molecule has 4 rings (SSSR count). The lowest BCUT2D eigenvalue weighted by Crippen LogP contribution is -2.58. The van der Waals surface area contributed by atoms with E-state index in [-0.39, 0.29) is 42.0 Å². The van der Waals surface area contributed by atoms with E-state index in [9.17, 15) is 33.6 Å². The van der Waals surface area contributed by atoms with Crippen molar-refractivity contribution < 1.29 is 38.3 Å². The molecule has 3 aliphatic rings. The van der Waals surface area contributed by atoms with Crippen LogP contribution < -0.4 is 21.3 Å². The molecule has 0 aromatic heterocycles. The van der Waals surface area contributed by atoms with Gasteiger partial charge in [0, 0.05) is 6.54 Å². The van der Waals surface area contributed by atoms with Gasteiger partial charge in [0.05, 0.1) is 19.2 Å². The van der Waals surface area contributed by atoms with Crippen molar-refractivity contribution in [1.82, 2.24) is 26.2 Å². The minimum Gasteiger partial charge on any atom is -0.449 e. The Morgan fingerprint density at radius 2 is 1.58 bits per heavy atom. The summed E-state index contributed by atoms with van der Waals surface area (Å²) in [7, 11) is 0. The summed E-state index contributed by atoms with van der Waals surface area (Å²) in [5, 5.41) is 10.6. The maximum Gasteiger partial charge on any atom is 0.407 e. The van der Waals surface area contributed by atoms with Gasteiger partial charge in [0.2, 0.25) is 23.5 Å². The third-order valence-electron chi connectivity index (χ3n) is 10.7. The van der Waals surface area contributed by atoms with Crippen LogP contribution in [0.3, 0.4) is 0 Å². The predicted octanol–water partition coefficient (Wildman–Crippen LogP) is 3.90. The first kappa shape index (κ1) is 40.5. The predicted molar refractivity (Wildman–Crippen MR) is 194 cm³/mol. The molecule has 1 heterocycles. The van der Waals surface area contributed by atoms with Crippen LogP contribution >= 0.6 is 0 Å². The van der Waals surface area contributed by atoms with Gasteiger partial charge in [-0.3, -0.25) is 28.8 Å². The molecule has 1 saturated heterocycles. The Bertz CT molecular complexity index is 1440. The zero-order chi connectivity index (χ0) is 37.8. The third kappa shape index (κ3) is 10.9. The van der Waals surface area contributed by atoms with Crippen molar-refractivity contribution in [2.45, 2.75) is 129 Å². The number of ketones is 2. The number of carbonyl (C=O) groups excluding carboxylic acids is 7. The van der Waals surface area contributed by atoms with Crippen LogP contribution in [0, 0.1) is 17.3 Å². The first-order valence-electron chi connectivity index (χ1n) is 19.0. The van der Waals surface area contributed by atoms with E-state index in [4.69, 9.17) is 4.74 Å². The first-order chi connectivity index (χ1) is 24.8. The molecule has 0 bridgehead atoms. The lowest BCUT2D eigenvalue weighted by molar-refractivity contribution is -0.143. The van der Waals surface area contributed by atoms with Gasteiger partial charge in [-0.15, -0.1) is 0 Å². The molecule has 4 atom stereocenters. The zero-order valence-corrected chi connectivity index (χ0v) is 31.2. The summed E-state index contributed by atoms with van der Waals surface area (Å²) in [5.74, 6) is -3.71. The number of benzene rings is 1. The van der Waals surface area contributed by atoms with Gasteiger partial charge in [-0.1, -0.05) is 89.6 Å². The summed E-state index contributed by atoms with van der Waals surface area (Å²) in [6.07, 6.45) is 8.65. The third-order valence-corrected chi connectivity index (χ3v) is 10.7. The van der Waals surface area contributed by atoms with Gasteiger partial charge in [-0.25, -0.2) is 4.79 Å². The molecule has 52 heavy (non-hydrogen) atoms. The Balaban J connectivity index is 1.45. The molecule has 1 aliphatic heterocycles. The highest BCUT2D eigenvalue weighted by Crippen LogP contribution is 2.48. The van der Waals surface area contributed by atoms with Crippen molar-refractivity contribution in [1.29, 1.82) is 0 Å². The standard InChI is InChI=1S/C39H57N5O8/c1-5-14-29(34(47)36(49)40-22-31(46)42-32(26(4)45)27-15-8-6-9-16-27)41-35(48)30-21-39(19-12-13-20-39)24-44(30)37(50)33(28-17-10-7-11-18-28)43-38(51)52-23-25(2)3/h6,8-9,15-16,25,28-30,32-33H,5,7,10-14,17-24H2,1-4H3,(H,40,49)(H,41,48)(H,42,46)(H,43,51)/t29?,30-,32+,33-/m0/s1. The van der Waals surface area contributed by atoms with Crippen LogP contribution in [-0.2, 0) is 33.5 Å². The van der Waals surface area contributed by atoms with Crippen molar-refractivity contribution >= 4 is 41.3 Å².